The quantitative estimate of drug-likeness (QED) is 0.735. The highest BCUT2D eigenvalue weighted by Gasteiger charge is 2.10. The molecule has 114 valence electrons. The third kappa shape index (κ3) is 6.09. The van der Waals surface area contributed by atoms with Gasteiger partial charge in [0.2, 0.25) is 0 Å². The van der Waals surface area contributed by atoms with E-state index in [-0.39, 0.29) is 12.6 Å². The highest BCUT2D eigenvalue weighted by molar-refractivity contribution is 6.31. The van der Waals surface area contributed by atoms with Crippen molar-refractivity contribution in [2.75, 3.05) is 26.9 Å². The zero-order valence-electron chi connectivity index (χ0n) is 12.4. The molecule has 1 aromatic carbocycles. The van der Waals surface area contributed by atoms with Gasteiger partial charge in [0.1, 0.15) is 18.5 Å². The van der Waals surface area contributed by atoms with Gasteiger partial charge in [-0.3, -0.25) is 0 Å². The van der Waals surface area contributed by atoms with E-state index in [1.165, 1.54) is 0 Å². The van der Waals surface area contributed by atoms with Crippen LogP contribution in [0.25, 0.3) is 0 Å². The van der Waals surface area contributed by atoms with Gasteiger partial charge in [0.25, 0.3) is 0 Å². The Morgan fingerprint density at radius 3 is 2.70 bits per heavy atom. The van der Waals surface area contributed by atoms with E-state index in [9.17, 15) is 5.11 Å². The van der Waals surface area contributed by atoms with E-state index in [1.54, 1.807) is 19.2 Å². The molecule has 0 aliphatic rings. The van der Waals surface area contributed by atoms with Gasteiger partial charge in [-0.05, 0) is 37.1 Å². The number of halogens is 1. The average molecular weight is 302 g/mol. The van der Waals surface area contributed by atoms with Gasteiger partial charge in [0.05, 0.1) is 6.61 Å². The molecule has 0 saturated carbocycles. The molecule has 0 saturated heterocycles. The van der Waals surface area contributed by atoms with Crippen LogP contribution in [0.4, 0.5) is 0 Å². The van der Waals surface area contributed by atoms with Crippen molar-refractivity contribution in [3.8, 4) is 5.75 Å². The van der Waals surface area contributed by atoms with E-state index in [2.05, 4.69) is 12.2 Å². The van der Waals surface area contributed by atoms with E-state index in [0.29, 0.717) is 18.2 Å². The molecule has 0 amide bonds. The van der Waals surface area contributed by atoms with E-state index in [4.69, 9.17) is 21.1 Å². The van der Waals surface area contributed by atoms with E-state index in [1.807, 2.05) is 13.0 Å². The molecule has 0 aliphatic carbocycles. The van der Waals surface area contributed by atoms with Crippen LogP contribution in [-0.2, 0) is 4.74 Å². The predicted molar refractivity (Wildman–Crippen MR) is 81.6 cm³/mol. The summed E-state index contributed by atoms with van der Waals surface area (Å²) in [5.74, 6) is 0.717. The normalized spacial score (nSPS) is 14.1. The molecule has 20 heavy (non-hydrogen) atoms. The Bertz CT molecular complexity index is 401. The van der Waals surface area contributed by atoms with E-state index >= 15 is 0 Å². The third-order valence-electron chi connectivity index (χ3n) is 3.07. The van der Waals surface area contributed by atoms with Crippen molar-refractivity contribution in [3.63, 3.8) is 0 Å². The fraction of sp³-hybridized carbons (Fsp3) is 0.600. The Kier molecular flexibility index (Phi) is 7.92. The lowest BCUT2D eigenvalue weighted by molar-refractivity contribution is 0.0952. The van der Waals surface area contributed by atoms with Gasteiger partial charge >= 0.3 is 0 Å². The smallest absolute Gasteiger partial charge is 0.119 e. The Hall–Kier alpha value is -0.810. The Balaban J connectivity index is 2.31. The maximum Gasteiger partial charge on any atom is 0.119 e. The molecule has 0 bridgehead atoms. The number of hydrogen-bond acceptors (Lipinski definition) is 4. The molecule has 0 spiro atoms. The van der Waals surface area contributed by atoms with Crippen LogP contribution in [0.5, 0.6) is 5.75 Å². The number of rotatable bonds is 9. The van der Waals surface area contributed by atoms with Crippen molar-refractivity contribution in [2.24, 2.45) is 0 Å². The van der Waals surface area contributed by atoms with Crippen molar-refractivity contribution in [1.29, 1.82) is 0 Å². The van der Waals surface area contributed by atoms with Gasteiger partial charge in [-0.25, -0.2) is 0 Å². The molecular formula is C15H24ClNO3. The lowest BCUT2D eigenvalue weighted by Crippen LogP contribution is -2.39. The van der Waals surface area contributed by atoms with E-state index in [0.717, 1.165) is 17.7 Å². The lowest BCUT2D eigenvalue weighted by atomic mass is 10.2. The first-order chi connectivity index (χ1) is 9.56. The summed E-state index contributed by atoms with van der Waals surface area (Å²) < 4.78 is 10.6. The van der Waals surface area contributed by atoms with Crippen molar-refractivity contribution in [3.05, 3.63) is 28.8 Å². The molecule has 0 radical (unpaired) electrons. The van der Waals surface area contributed by atoms with Gasteiger partial charge in [0.15, 0.2) is 0 Å². The number of aliphatic hydroxyl groups is 1. The maximum absolute atomic E-state index is 9.89. The molecule has 2 N–H and O–H groups in total. The van der Waals surface area contributed by atoms with Gasteiger partial charge in [-0.1, -0.05) is 18.5 Å². The summed E-state index contributed by atoms with van der Waals surface area (Å²) in [6, 6.07) is 5.72. The molecule has 2 atom stereocenters. The average Bonchev–Trinajstić information content (AvgIpc) is 2.44. The zero-order chi connectivity index (χ0) is 15.0. The monoisotopic (exact) mass is 301 g/mol. The minimum Gasteiger partial charge on any atom is -0.491 e. The molecule has 5 heteroatoms. The first-order valence-corrected chi connectivity index (χ1v) is 7.24. The van der Waals surface area contributed by atoms with E-state index < -0.39 is 6.10 Å². The predicted octanol–water partition coefficient (Wildman–Crippen LogP) is 2.40. The maximum atomic E-state index is 9.89. The van der Waals surface area contributed by atoms with Crippen LogP contribution < -0.4 is 10.1 Å². The van der Waals surface area contributed by atoms with Gasteiger partial charge < -0.3 is 19.9 Å². The summed E-state index contributed by atoms with van der Waals surface area (Å²) in [5, 5.41) is 13.9. The number of aliphatic hydroxyl groups excluding tert-OH is 1. The zero-order valence-corrected chi connectivity index (χ0v) is 13.1. The minimum absolute atomic E-state index is 0.248. The van der Waals surface area contributed by atoms with Crippen molar-refractivity contribution < 1.29 is 14.6 Å². The van der Waals surface area contributed by atoms with Crippen LogP contribution >= 0.6 is 11.6 Å². The topological polar surface area (TPSA) is 50.7 Å². The van der Waals surface area contributed by atoms with Crippen LogP contribution in [0.1, 0.15) is 18.9 Å². The molecule has 0 aliphatic heterocycles. The second kappa shape index (κ2) is 9.19. The highest BCUT2D eigenvalue weighted by Crippen LogP contribution is 2.21. The van der Waals surface area contributed by atoms with Crippen molar-refractivity contribution in [2.45, 2.75) is 32.4 Å². The molecule has 0 heterocycles. The van der Waals surface area contributed by atoms with Crippen molar-refractivity contribution in [1.82, 2.24) is 5.32 Å². The molecule has 1 rings (SSSR count). The summed E-state index contributed by atoms with van der Waals surface area (Å²) in [5.41, 5.74) is 0.961. The Morgan fingerprint density at radius 2 is 2.10 bits per heavy atom. The standard InChI is InChI=1S/C15H24ClNO3/c1-4-12(9-19-3)17-8-13(18)10-20-14-5-6-15(16)11(2)7-14/h5-7,12-13,17-18H,4,8-10H2,1-3H3. The number of hydrogen-bond donors (Lipinski definition) is 2. The molecular weight excluding hydrogens is 278 g/mol. The molecule has 0 fully saturated rings. The fourth-order valence-corrected chi connectivity index (χ4v) is 1.90. The van der Waals surface area contributed by atoms with Crippen LogP contribution in [-0.4, -0.2) is 44.1 Å². The first-order valence-electron chi connectivity index (χ1n) is 6.86. The Morgan fingerprint density at radius 1 is 1.35 bits per heavy atom. The van der Waals surface area contributed by atoms with Crippen molar-refractivity contribution >= 4 is 11.6 Å². The lowest BCUT2D eigenvalue weighted by Gasteiger charge is -2.19. The SMILES string of the molecule is CCC(COC)NCC(O)COc1ccc(Cl)c(C)c1. The van der Waals surface area contributed by atoms with Crippen LogP contribution in [0.2, 0.25) is 5.02 Å². The molecule has 4 nitrogen and oxygen atoms in total. The first kappa shape index (κ1) is 17.2. The fourth-order valence-electron chi connectivity index (χ4n) is 1.78. The highest BCUT2D eigenvalue weighted by atomic mass is 35.5. The molecule has 2 unspecified atom stereocenters. The summed E-state index contributed by atoms with van der Waals surface area (Å²) in [6.07, 6.45) is 0.398. The second-order valence-electron chi connectivity index (χ2n) is 4.84. The van der Waals surface area contributed by atoms with Crippen LogP contribution in [0, 0.1) is 6.92 Å². The third-order valence-corrected chi connectivity index (χ3v) is 3.50. The number of aryl methyl sites for hydroxylation is 1. The largest absolute Gasteiger partial charge is 0.491 e. The van der Waals surface area contributed by atoms with Gasteiger partial charge in [0, 0.05) is 24.7 Å². The number of nitrogens with one attached hydrogen (secondary N) is 1. The second-order valence-corrected chi connectivity index (χ2v) is 5.25. The summed E-state index contributed by atoms with van der Waals surface area (Å²) in [7, 11) is 1.67. The molecule has 1 aromatic rings. The van der Waals surface area contributed by atoms with Gasteiger partial charge in [-0.15, -0.1) is 0 Å². The van der Waals surface area contributed by atoms with Gasteiger partial charge in [-0.2, -0.15) is 0 Å². The molecule has 0 aromatic heterocycles. The Labute approximate surface area is 126 Å². The van der Waals surface area contributed by atoms with Crippen LogP contribution in [0.3, 0.4) is 0 Å². The van der Waals surface area contributed by atoms with Crippen LogP contribution in [0.15, 0.2) is 18.2 Å². The minimum atomic E-state index is -0.558. The number of ether oxygens (including phenoxy) is 2. The number of methoxy groups -OCH3 is 1. The summed E-state index contributed by atoms with van der Waals surface area (Å²) in [4.78, 5) is 0. The number of benzene rings is 1. The summed E-state index contributed by atoms with van der Waals surface area (Å²) in [6.45, 7) is 5.37. The summed E-state index contributed by atoms with van der Waals surface area (Å²) >= 11 is 5.95.